The molecule has 0 spiro atoms. The summed E-state index contributed by atoms with van der Waals surface area (Å²) >= 11 is 5.97. The lowest BCUT2D eigenvalue weighted by Gasteiger charge is -2.30. The fourth-order valence-corrected chi connectivity index (χ4v) is 6.16. The molecule has 3 heterocycles. The summed E-state index contributed by atoms with van der Waals surface area (Å²) in [6.45, 7) is 1.25. The third-order valence-corrected chi connectivity index (χ3v) is 9.36. The van der Waals surface area contributed by atoms with E-state index in [1.54, 1.807) is 25.1 Å². The molecule has 0 radical (unpaired) electrons. The summed E-state index contributed by atoms with van der Waals surface area (Å²) in [5.41, 5.74) is 4.37. The molecule has 2 amide bonds. The van der Waals surface area contributed by atoms with Gasteiger partial charge in [-0.2, -0.15) is 5.10 Å². The molecular formula is C32H30ClF2N5O5. The Balaban J connectivity index is 1.27. The molecule has 0 saturated heterocycles. The SMILES string of the molecule is COc1cc(C(=O)NC[C@](O)(c2cc3c(c(-c4cc(F)c(F)c(Cl)c4)n2)OC[C@]3(C)C(N)=O)C2CC2)cc2cn(C3CC3)nc12. The summed E-state index contributed by atoms with van der Waals surface area (Å²) in [6.07, 6.45) is 5.30. The summed E-state index contributed by atoms with van der Waals surface area (Å²) in [4.78, 5) is 30.8. The second-order valence-electron chi connectivity index (χ2n) is 12.3. The second kappa shape index (κ2) is 10.4. The third-order valence-electron chi connectivity index (χ3n) is 9.08. The van der Waals surface area contributed by atoms with Crippen LogP contribution in [0.5, 0.6) is 11.5 Å². The van der Waals surface area contributed by atoms with Crippen LogP contribution in [0, 0.1) is 17.6 Å². The number of nitrogens with two attached hydrogens (primary N) is 1. The van der Waals surface area contributed by atoms with Crippen molar-refractivity contribution in [2.24, 2.45) is 11.7 Å². The predicted molar refractivity (Wildman–Crippen MR) is 160 cm³/mol. The van der Waals surface area contributed by atoms with Crippen molar-refractivity contribution in [1.29, 1.82) is 0 Å². The standard InChI is InChI=1S/C32H30ClF2N5O5/c1-31(30(36)42)14-45-28-20(31)11-24(38-27(28)15-8-21(33)25(35)22(34)9-15)32(43,18-3-4-18)13-37-29(41)16-7-17-12-40(19-5-6-19)39-26(17)23(10-16)44-2/h7-12,18-19,43H,3-6,13-14H2,1-2H3,(H2,36,42)(H,37,41)/t31-,32+/m0/s1. The van der Waals surface area contributed by atoms with Crippen LogP contribution in [0.1, 0.15) is 60.3 Å². The minimum atomic E-state index is -1.69. The highest BCUT2D eigenvalue weighted by molar-refractivity contribution is 6.31. The van der Waals surface area contributed by atoms with Crippen LogP contribution in [0.4, 0.5) is 8.78 Å². The van der Waals surface area contributed by atoms with Crippen molar-refractivity contribution in [3.05, 3.63) is 70.0 Å². The zero-order valence-corrected chi connectivity index (χ0v) is 25.3. The maximum absolute atomic E-state index is 14.5. The van der Waals surface area contributed by atoms with E-state index in [-0.39, 0.29) is 41.8 Å². The number of halogens is 3. The summed E-state index contributed by atoms with van der Waals surface area (Å²) < 4.78 is 41.8. The summed E-state index contributed by atoms with van der Waals surface area (Å²) in [5, 5.41) is 19.9. The molecule has 4 N–H and O–H groups in total. The van der Waals surface area contributed by atoms with E-state index >= 15 is 0 Å². The largest absolute Gasteiger partial charge is 0.494 e. The first-order chi connectivity index (χ1) is 21.4. The number of carbonyl (C=O) groups excluding carboxylic acids is 2. The van der Waals surface area contributed by atoms with Crippen molar-refractivity contribution in [2.45, 2.75) is 49.7 Å². The molecule has 7 rings (SSSR count). The molecular weight excluding hydrogens is 608 g/mol. The number of ether oxygens (including phenoxy) is 2. The van der Waals surface area contributed by atoms with Crippen molar-refractivity contribution in [2.75, 3.05) is 20.3 Å². The number of methoxy groups -OCH3 is 1. The van der Waals surface area contributed by atoms with Gasteiger partial charge in [0.2, 0.25) is 5.91 Å². The van der Waals surface area contributed by atoms with Gasteiger partial charge in [-0.3, -0.25) is 14.3 Å². The Morgan fingerprint density at radius 1 is 1.22 bits per heavy atom. The topological polar surface area (TPSA) is 142 Å². The quantitative estimate of drug-likeness (QED) is 0.229. The van der Waals surface area contributed by atoms with Gasteiger partial charge in [-0.15, -0.1) is 0 Å². The number of fused-ring (bicyclic) bond motifs is 2. The third kappa shape index (κ3) is 4.87. The number of carbonyl (C=O) groups is 2. The number of pyridine rings is 1. The molecule has 2 aromatic heterocycles. The van der Waals surface area contributed by atoms with Crippen molar-refractivity contribution >= 4 is 34.3 Å². The summed E-state index contributed by atoms with van der Waals surface area (Å²) in [5.74, 6) is -3.22. The molecule has 45 heavy (non-hydrogen) atoms. The molecule has 2 aliphatic carbocycles. The van der Waals surface area contributed by atoms with Gasteiger partial charge >= 0.3 is 0 Å². The van der Waals surface area contributed by atoms with Crippen LogP contribution < -0.4 is 20.5 Å². The van der Waals surface area contributed by atoms with Crippen LogP contribution in [0.2, 0.25) is 5.02 Å². The minimum Gasteiger partial charge on any atom is -0.494 e. The number of hydrogen-bond donors (Lipinski definition) is 3. The molecule has 2 saturated carbocycles. The summed E-state index contributed by atoms with van der Waals surface area (Å²) in [7, 11) is 1.51. The number of rotatable bonds is 9. The molecule has 2 aromatic carbocycles. The number of primary amides is 1. The van der Waals surface area contributed by atoms with Gasteiger partial charge in [0.1, 0.15) is 40.3 Å². The lowest BCUT2D eigenvalue weighted by Crippen LogP contribution is -2.44. The minimum absolute atomic E-state index is 0.0570. The lowest BCUT2D eigenvalue weighted by atomic mass is 9.81. The predicted octanol–water partition coefficient (Wildman–Crippen LogP) is 4.54. The second-order valence-corrected chi connectivity index (χ2v) is 12.7. The monoisotopic (exact) mass is 637 g/mol. The molecule has 234 valence electrons. The fourth-order valence-electron chi connectivity index (χ4n) is 5.95. The molecule has 1 aliphatic heterocycles. The van der Waals surface area contributed by atoms with E-state index in [1.807, 2.05) is 10.9 Å². The van der Waals surface area contributed by atoms with Gasteiger partial charge in [0, 0.05) is 28.3 Å². The Morgan fingerprint density at radius 2 is 1.98 bits per heavy atom. The number of nitrogens with one attached hydrogen (secondary N) is 1. The van der Waals surface area contributed by atoms with Gasteiger partial charge in [-0.05, 0) is 68.9 Å². The van der Waals surface area contributed by atoms with Crippen LogP contribution in [0.25, 0.3) is 22.2 Å². The van der Waals surface area contributed by atoms with Gasteiger partial charge in [0.25, 0.3) is 5.91 Å². The highest BCUT2D eigenvalue weighted by Crippen LogP contribution is 2.50. The number of amides is 2. The Morgan fingerprint density at radius 3 is 2.62 bits per heavy atom. The molecule has 3 aliphatic rings. The van der Waals surface area contributed by atoms with Crippen molar-refractivity contribution in [3.63, 3.8) is 0 Å². The smallest absolute Gasteiger partial charge is 0.251 e. The van der Waals surface area contributed by atoms with Gasteiger partial charge < -0.3 is 25.6 Å². The number of nitrogens with zero attached hydrogens (tertiary/aromatic N) is 3. The maximum Gasteiger partial charge on any atom is 0.251 e. The molecule has 10 nitrogen and oxygen atoms in total. The molecule has 0 bridgehead atoms. The normalized spacial score (nSPS) is 20.4. The van der Waals surface area contributed by atoms with E-state index in [1.165, 1.54) is 13.2 Å². The Hall–Kier alpha value is -4.29. The van der Waals surface area contributed by atoms with E-state index in [4.69, 9.17) is 26.8 Å². The molecule has 4 aromatic rings. The van der Waals surface area contributed by atoms with Gasteiger partial charge in [-0.25, -0.2) is 13.8 Å². The lowest BCUT2D eigenvalue weighted by molar-refractivity contribution is -0.123. The fraction of sp³-hybridized carbons (Fsp3) is 0.375. The highest BCUT2D eigenvalue weighted by atomic mass is 35.5. The molecule has 13 heteroatoms. The Labute approximate surface area is 261 Å². The van der Waals surface area contributed by atoms with Crippen LogP contribution in [0.15, 0.2) is 36.5 Å². The van der Waals surface area contributed by atoms with E-state index in [0.717, 1.165) is 24.3 Å². The van der Waals surface area contributed by atoms with Gasteiger partial charge in [0.05, 0.1) is 30.4 Å². The molecule has 0 unspecified atom stereocenters. The first-order valence-electron chi connectivity index (χ1n) is 14.6. The van der Waals surface area contributed by atoms with E-state index in [0.29, 0.717) is 41.3 Å². The van der Waals surface area contributed by atoms with E-state index in [2.05, 4.69) is 15.4 Å². The van der Waals surface area contributed by atoms with Crippen LogP contribution in [-0.2, 0) is 15.8 Å². The molecule has 2 atom stereocenters. The molecule has 2 fully saturated rings. The van der Waals surface area contributed by atoms with Crippen LogP contribution >= 0.6 is 11.6 Å². The van der Waals surface area contributed by atoms with Crippen LogP contribution in [0.3, 0.4) is 0 Å². The van der Waals surface area contributed by atoms with Gasteiger partial charge in [0.15, 0.2) is 11.6 Å². The average Bonchev–Trinajstić information content (AvgIpc) is 3.97. The summed E-state index contributed by atoms with van der Waals surface area (Å²) in [6, 6.07) is 7.34. The van der Waals surface area contributed by atoms with Crippen molar-refractivity contribution < 1.29 is 33.0 Å². The zero-order valence-electron chi connectivity index (χ0n) is 24.5. The van der Waals surface area contributed by atoms with Gasteiger partial charge in [-0.1, -0.05) is 11.6 Å². The van der Waals surface area contributed by atoms with Crippen LogP contribution in [-0.4, -0.2) is 51.9 Å². The van der Waals surface area contributed by atoms with Crippen molar-refractivity contribution in [1.82, 2.24) is 20.1 Å². The first kappa shape index (κ1) is 29.4. The highest BCUT2D eigenvalue weighted by Gasteiger charge is 2.50. The first-order valence-corrected chi connectivity index (χ1v) is 15.0. The number of hydrogen-bond acceptors (Lipinski definition) is 7. The van der Waals surface area contributed by atoms with E-state index in [9.17, 15) is 23.5 Å². The number of aromatic nitrogens is 3. The maximum atomic E-state index is 14.5. The zero-order chi connectivity index (χ0) is 31.8. The Bertz CT molecular complexity index is 1890. The van der Waals surface area contributed by atoms with E-state index < -0.39 is 39.5 Å². The number of aliphatic hydroxyl groups is 1. The Kier molecular flexibility index (Phi) is 6.79. The van der Waals surface area contributed by atoms with Crippen molar-refractivity contribution in [3.8, 4) is 22.8 Å². The number of benzene rings is 2. The average molecular weight is 638 g/mol.